The van der Waals surface area contributed by atoms with Gasteiger partial charge in [0.15, 0.2) is 0 Å². The molecule has 1 aromatic carbocycles. The molecule has 0 amide bonds. The van der Waals surface area contributed by atoms with Crippen molar-refractivity contribution in [3.63, 3.8) is 0 Å². The first-order chi connectivity index (χ1) is 4.47. The van der Waals surface area contributed by atoms with E-state index in [2.05, 4.69) is 16.4 Å². The second-order valence-corrected chi connectivity index (χ2v) is 1.88. The monoisotopic (exact) mass is 163 g/mol. The Kier molecular flexibility index (Phi) is 5.69. The summed E-state index contributed by atoms with van der Waals surface area (Å²) in [5.41, 5.74) is 1.04. The maximum absolute atomic E-state index is 3.75. The number of aromatic nitrogens is 2. The van der Waals surface area contributed by atoms with Gasteiger partial charge in [-0.3, -0.25) is 5.10 Å². The van der Waals surface area contributed by atoms with Gasteiger partial charge in [-0.05, 0) is 11.7 Å². The van der Waals surface area contributed by atoms with E-state index in [9.17, 15) is 0 Å². The Hall–Kier alpha value is 0.690. The molecular formula is C7H5N2Na2. The van der Waals surface area contributed by atoms with Crippen molar-refractivity contribution in [1.29, 1.82) is 0 Å². The summed E-state index contributed by atoms with van der Waals surface area (Å²) in [5.74, 6) is 0. The Morgan fingerprint density at radius 3 is 2.73 bits per heavy atom. The molecule has 0 saturated carbocycles. The van der Waals surface area contributed by atoms with Crippen molar-refractivity contribution >= 4 is 40.5 Å². The smallest absolute Gasteiger partial charge is 0.344 e. The first kappa shape index (κ1) is 11.7. The number of fused-ring (bicyclic) bond motifs is 1. The molecule has 1 heterocycles. The number of hydrogen-bond acceptors (Lipinski definition) is 1. The number of nitrogens with zero attached hydrogens (tertiary/aromatic N) is 1. The normalized spacial score (nSPS) is 8.36. The molecule has 2 rings (SSSR count). The number of hydrogen-bond donors (Lipinski definition) is 1. The number of aromatic amines is 1. The largest absolute Gasteiger partial charge is 1.00 e. The zero-order valence-corrected chi connectivity index (χ0v) is 10.8. The molecule has 0 fully saturated rings. The first-order valence-electron chi connectivity index (χ1n) is 2.77. The van der Waals surface area contributed by atoms with Gasteiger partial charge in [0.05, 0.1) is 0 Å². The molecular weight excluding hydrogens is 158 g/mol. The number of H-pyrrole nitrogens is 1. The Bertz CT molecular complexity index is 288. The molecule has 0 bridgehead atoms. The minimum absolute atomic E-state index is 0. The molecule has 0 aliphatic heterocycles. The van der Waals surface area contributed by atoms with Gasteiger partial charge in [0.2, 0.25) is 0 Å². The summed E-state index contributed by atoms with van der Waals surface area (Å²) < 4.78 is 0. The molecule has 2 aromatic rings. The zero-order chi connectivity index (χ0) is 6.10. The standard InChI is InChI=1S/C7H5N2.2Na/c1-2-4-7-6(3-1)5-8-9-7;;/h1-4H,(H,8,9);;/q-1;;+1. The summed E-state index contributed by atoms with van der Waals surface area (Å²) in [4.78, 5) is 0. The Balaban J connectivity index is 0.000000500. The van der Waals surface area contributed by atoms with Gasteiger partial charge in [-0.1, -0.05) is 12.1 Å². The van der Waals surface area contributed by atoms with Gasteiger partial charge in [0.1, 0.15) is 0 Å². The molecule has 1 N–H and O–H groups in total. The van der Waals surface area contributed by atoms with Crippen molar-refractivity contribution in [3.05, 3.63) is 30.5 Å². The minimum Gasteiger partial charge on any atom is -0.344 e. The van der Waals surface area contributed by atoms with Crippen LogP contribution >= 0.6 is 0 Å². The van der Waals surface area contributed by atoms with Gasteiger partial charge in [-0.25, -0.2) is 0 Å². The fourth-order valence-electron chi connectivity index (χ4n) is 0.827. The summed E-state index contributed by atoms with van der Waals surface area (Å²) >= 11 is 0. The third-order valence-corrected chi connectivity index (χ3v) is 1.28. The van der Waals surface area contributed by atoms with Crippen LogP contribution in [-0.4, -0.2) is 39.8 Å². The van der Waals surface area contributed by atoms with E-state index in [0.29, 0.717) is 0 Å². The quantitative estimate of drug-likeness (QED) is 0.352. The van der Waals surface area contributed by atoms with Gasteiger partial charge in [0.25, 0.3) is 0 Å². The molecule has 45 valence electrons. The van der Waals surface area contributed by atoms with E-state index in [-0.39, 0.29) is 59.1 Å². The molecule has 0 atom stereocenters. The number of nitrogens with one attached hydrogen (secondary N) is 1. The average molecular weight is 163 g/mol. The SMILES string of the molecule is [Na+].[Na].[c-]1n[nH]c2ccccc12. The maximum Gasteiger partial charge on any atom is 1.00 e. The van der Waals surface area contributed by atoms with E-state index < -0.39 is 0 Å². The summed E-state index contributed by atoms with van der Waals surface area (Å²) in [6.07, 6.45) is 2.81. The third kappa shape index (κ3) is 2.58. The topological polar surface area (TPSA) is 28.7 Å². The molecule has 0 aliphatic rings. The van der Waals surface area contributed by atoms with Gasteiger partial charge < -0.3 is 5.10 Å². The van der Waals surface area contributed by atoms with E-state index in [1.165, 1.54) is 0 Å². The summed E-state index contributed by atoms with van der Waals surface area (Å²) in [6, 6.07) is 7.88. The van der Waals surface area contributed by atoms with E-state index in [4.69, 9.17) is 0 Å². The second-order valence-electron chi connectivity index (χ2n) is 1.88. The summed E-state index contributed by atoms with van der Waals surface area (Å²) in [5, 5.41) is 7.60. The molecule has 1 aromatic heterocycles. The van der Waals surface area contributed by atoms with E-state index in [0.717, 1.165) is 10.9 Å². The van der Waals surface area contributed by atoms with Crippen LogP contribution in [0.3, 0.4) is 0 Å². The number of benzene rings is 1. The number of para-hydroxylation sites is 1. The predicted octanol–water partition coefficient (Wildman–Crippen LogP) is -2.01. The molecule has 0 aliphatic carbocycles. The van der Waals surface area contributed by atoms with Crippen molar-refractivity contribution in [2.75, 3.05) is 0 Å². The van der Waals surface area contributed by atoms with Crippen LogP contribution in [0.5, 0.6) is 0 Å². The van der Waals surface area contributed by atoms with Crippen molar-refractivity contribution in [2.24, 2.45) is 0 Å². The Labute approximate surface area is 109 Å². The fraction of sp³-hybridized carbons (Fsp3) is 0. The van der Waals surface area contributed by atoms with Crippen molar-refractivity contribution in [1.82, 2.24) is 10.2 Å². The van der Waals surface area contributed by atoms with Gasteiger partial charge >= 0.3 is 29.6 Å². The number of rotatable bonds is 0. The van der Waals surface area contributed by atoms with Crippen LogP contribution in [0.25, 0.3) is 10.9 Å². The van der Waals surface area contributed by atoms with E-state index in [1.54, 1.807) is 0 Å². The van der Waals surface area contributed by atoms with E-state index in [1.807, 2.05) is 24.3 Å². The van der Waals surface area contributed by atoms with Crippen LogP contribution < -0.4 is 29.6 Å². The van der Waals surface area contributed by atoms with Gasteiger partial charge in [-0.2, -0.15) is 6.07 Å². The van der Waals surface area contributed by atoms with Crippen LogP contribution in [-0.2, 0) is 0 Å². The molecule has 1 radical (unpaired) electrons. The van der Waals surface area contributed by atoms with Crippen molar-refractivity contribution in [2.45, 2.75) is 0 Å². The van der Waals surface area contributed by atoms with Crippen molar-refractivity contribution < 1.29 is 29.6 Å². The molecule has 11 heavy (non-hydrogen) atoms. The predicted molar refractivity (Wildman–Crippen MR) is 40.7 cm³/mol. The molecule has 0 unspecified atom stereocenters. The molecule has 4 heteroatoms. The fourth-order valence-corrected chi connectivity index (χ4v) is 0.827. The van der Waals surface area contributed by atoms with Crippen LogP contribution in [0.15, 0.2) is 24.3 Å². The summed E-state index contributed by atoms with van der Waals surface area (Å²) in [6.45, 7) is 0. The van der Waals surface area contributed by atoms with Crippen LogP contribution in [0.4, 0.5) is 0 Å². The second kappa shape index (κ2) is 5.36. The van der Waals surface area contributed by atoms with Crippen LogP contribution in [0.2, 0.25) is 0 Å². The Morgan fingerprint density at radius 1 is 1.27 bits per heavy atom. The van der Waals surface area contributed by atoms with Crippen LogP contribution in [0.1, 0.15) is 0 Å². The first-order valence-corrected chi connectivity index (χ1v) is 2.77. The Morgan fingerprint density at radius 2 is 2.00 bits per heavy atom. The van der Waals surface area contributed by atoms with E-state index >= 15 is 0 Å². The average Bonchev–Trinajstić information content (AvgIpc) is 2.33. The van der Waals surface area contributed by atoms with Gasteiger partial charge in [-0.15, -0.1) is 11.5 Å². The molecule has 0 saturated heterocycles. The van der Waals surface area contributed by atoms with Crippen LogP contribution in [0, 0.1) is 6.20 Å². The van der Waals surface area contributed by atoms with Gasteiger partial charge in [0, 0.05) is 29.6 Å². The van der Waals surface area contributed by atoms with Crippen molar-refractivity contribution in [3.8, 4) is 0 Å². The molecule has 2 nitrogen and oxygen atoms in total. The summed E-state index contributed by atoms with van der Waals surface area (Å²) in [7, 11) is 0. The maximum atomic E-state index is 3.75. The third-order valence-electron chi connectivity index (χ3n) is 1.28. The minimum atomic E-state index is 0. The molecule has 0 spiro atoms. The zero-order valence-electron chi connectivity index (χ0n) is 6.76.